The minimum Gasteiger partial charge on any atom is -0.496 e. The Hall–Kier alpha value is -1.74. The molecule has 6 heteroatoms. The van der Waals surface area contributed by atoms with Gasteiger partial charge in [0.2, 0.25) is 5.91 Å². The van der Waals surface area contributed by atoms with Crippen LogP contribution in [0.1, 0.15) is 0 Å². The lowest BCUT2D eigenvalue weighted by atomic mass is 10.3. The van der Waals surface area contributed by atoms with E-state index in [1.165, 1.54) is 0 Å². The maximum Gasteiger partial charge on any atom is 0.240 e. The molecule has 0 heterocycles. The van der Waals surface area contributed by atoms with Gasteiger partial charge in [0.1, 0.15) is 12.3 Å². The van der Waals surface area contributed by atoms with E-state index in [0.717, 1.165) is 15.9 Å². The standard InChI is InChI=1S/C11H12BrN3O2/c1-17-10-3-2-8(6-9(10)12)15-7-11(16)14-5-4-13/h2-3,6,15H,5,7H2,1H3,(H,14,16). The van der Waals surface area contributed by atoms with Gasteiger partial charge in [-0.25, -0.2) is 0 Å². The molecular formula is C11H12BrN3O2. The van der Waals surface area contributed by atoms with Gasteiger partial charge in [-0.2, -0.15) is 5.26 Å². The summed E-state index contributed by atoms with van der Waals surface area (Å²) in [6.45, 7) is 0.146. The molecule has 0 spiro atoms. The summed E-state index contributed by atoms with van der Waals surface area (Å²) in [4.78, 5) is 11.2. The fourth-order valence-corrected chi connectivity index (χ4v) is 1.70. The first-order valence-corrected chi connectivity index (χ1v) is 5.67. The molecule has 0 saturated heterocycles. The van der Waals surface area contributed by atoms with Gasteiger partial charge in [-0.05, 0) is 34.1 Å². The number of hydrogen-bond acceptors (Lipinski definition) is 4. The lowest BCUT2D eigenvalue weighted by Crippen LogP contribution is -2.29. The van der Waals surface area contributed by atoms with E-state index in [4.69, 9.17) is 10.00 Å². The smallest absolute Gasteiger partial charge is 0.240 e. The molecule has 0 unspecified atom stereocenters. The van der Waals surface area contributed by atoms with Crippen molar-refractivity contribution in [1.82, 2.24) is 5.32 Å². The van der Waals surface area contributed by atoms with Crippen molar-refractivity contribution < 1.29 is 9.53 Å². The molecule has 90 valence electrons. The van der Waals surface area contributed by atoms with Gasteiger partial charge in [-0.15, -0.1) is 0 Å². The van der Waals surface area contributed by atoms with Crippen LogP contribution in [0.4, 0.5) is 5.69 Å². The second-order valence-corrected chi connectivity index (χ2v) is 3.99. The fraction of sp³-hybridized carbons (Fsp3) is 0.273. The van der Waals surface area contributed by atoms with Crippen molar-refractivity contribution >= 4 is 27.5 Å². The van der Waals surface area contributed by atoms with E-state index in [1.54, 1.807) is 19.2 Å². The number of nitrogens with zero attached hydrogens (tertiary/aromatic N) is 1. The maximum absolute atomic E-state index is 11.2. The van der Waals surface area contributed by atoms with Crippen LogP contribution in [-0.4, -0.2) is 26.1 Å². The number of amides is 1. The van der Waals surface area contributed by atoms with Crippen molar-refractivity contribution in [2.24, 2.45) is 0 Å². The summed E-state index contributed by atoms with van der Waals surface area (Å²) in [6, 6.07) is 7.25. The van der Waals surface area contributed by atoms with Crippen molar-refractivity contribution in [2.75, 3.05) is 25.5 Å². The number of ether oxygens (including phenoxy) is 1. The Morgan fingerprint density at radius 3 is 2.94 bits per heavy atom. The maximum atomic E-state index is 11.2. The van der Waals surface area contributed by atoms with Crippen molar-refractivity contribution in [2.45, 2.75) is 0 Å². The Morgan fingerprint density at radius 2 is 2.35 bits per heavy atom. The highest BCUT2D eigenvalue weighted by Gasteiger charge is 2.03. The Bertz CT molecular complexity index is 443. The van der Waals surface area contributed by atoms with Crippen LogP contribution in [0.3, 0.4) is 0 Å². The molecule has 5 nitrogen and oxygen atoms in total. The highest BCUT2D eigenvalue weighted by molar-refractivity contribution is 9.10. The molecular weight excluding hydrogens is 286 g/mol. The van der Waals surface area contributed by atoms with Crippen LogP contribution >= 0.6 is 15.9 Å². The van der Waals surface area contributed by atoms with Crippen LogP contribution < -0.4 is 15.4 Å². The van der Waals surface area contributed by atoms with Gasteiger partial charge in [0.25, 0.3) is 0 Å². The van der Waals surface area contributed by atoms with Crippen LogP contribution in [0.15, 0.2) is 22.7 Å². The third kappa shape index (κ3) is 4.33. The predicted octanol–water partition coefficient (Wildman–Crippen LogP) is 1.51. The van der Waals surface area contributed by atoms with Gasteiger partial charge in [-0.3, -0.25) is 4.79 Å². The number of nitrogens with one attached hydrogen (secondary N) is 2. The molecule has 0 aliphatic rings. The van der Waals surface area contributed by atoms with Crippen LogP contribution in [0.25, 0.3) is 0 Å². The second-order valence-electron chi connectivity index (χ2n) is 3.14. The average Bonchev–Trinajstić information content (AvgIpc) is 2.34. The number of carbonyl (C=O) groups is 1. The van der Waals surface area contributed by atoms with Gasteiger partial charge in [0.15, 0.2) is 0 Å². The van der Waals surface area contributed by atoms with E-state index in [9.17, 15) is 4.79 Å². The Labute approximate surface area is 108 Å². The second kappa shape index (κ2) is 6.76. The van der Waals surface area contributed by atoms with Crippen molar-refractivity contribution in [3.05, 3.63) is 22.7 Å². The molecule has 17 heavy (non-hydrogen) atoms. The number of hydrogen-bond donors (Lipinski definition) is 2. The number of nitriles is 1. The van der Waals surface area contributed by atoms with Gasteiger partial charge >= 0.3 is 0 Å². The molecule has 0 atom stereocenters. The Morgan fingerprint density at radius 1 is 1.59 bits per heavy atom. The Kier molecular flexibility index (Phi) is 5.30. The number of anilines is 1. The van der Waals surface area contributed by atoms with E-state index < -0.39 is 0 Å². The molecule has 0 aliphatic carbocycles. The average molecular weight is 298 g/mol. The molecule has 1 aromatic carbocycles. The minimum atomic E-state index is -0.224. The summed E-state index contributed by atoms with van der Waals surface area (Å²) < 4.78 is 5.90. The third-order valence-electron chi connectivity index (χ3n) is 1.97. The van der Waals surface area contributed by atoms with E-state index in [0.29, 0.717) is 0 Å². The molecule has 1 rings (SSSR count). The summed E-state index contributed by atoms with van der Waals surface area (Å²) in [6.07, 6.45) is 0. The summed E-state index contributed by atoms with van der Waals surface area (Å²) in [5.41, 5.74) is 0.796. The third-order valence-corrected chi connectivity index (χ3v) is 2.59. The predicted molar refractivity (Wildman–Crippen MR) is 67.8 cm³/mol. The number of benzene rings is 1. The van der Waals surface area contributed by atoms with E-state index in [-0.39, 0.29) is 19.0 Å². The molecule has 1 aromatic rings. The summed E-state index contributed by atoms with van der Waals surface area (Å²) >= 11 is 3.35. The zero-order valence-corrected chi connectivity index (χ0v) is 10.9. The molecule has 1 amide bonds. The molecule has 0 aromatic heterocycles. The van der Waals surface area contributed by atoms with Crippen molar-refractivity contribution in [1.29, 1.82) is 5.26 Å². The molecule has 0 saturated carbocycles. The van der Waals surface area contributed by atoms with Crippen LogP contribution in [0.5, 0.6) is 5.75 Å². The Balaban J connectivity index is 2.50. The number of carbonyl (C=O) groups excluding carboxylic acids is 1. The van der Waals surface area contributed by atoms with Crippen LogP contribution in [0, 0.1) is 11.3 Å². The first-order chi connectivity index (χ1) is 8.17. The summed E-state index contributed by atoms with van der Waals surface area (Å²) in [5.74, 6) is 0.503. The lowest BCUT2D eigenvalue weighted by Gasteiger charge is -2.08. The van der Waals surface area contributed by atoms with Gasteiger partial charge in [0, 0.05) is 5.69 Å². The molecule has 0 fully saturated rings. The SMILES string of the molecule is COc1ccc(NCC(=O)NCC#N)cc1Br. The van der Waals surface area contributed by atoms with Gasteiger partial charge < -0.3 is 15.4 Å². The first kappa shape index (κ1) is 13.3. The summed E-state index contributed by atoms with van der Waals surface area (Å²) in [5, 5.41) is 13.7. The largest absolute Gasteiger partial charge is 0.496 e. The lowest BCUT2D eigenvalue weighted by molar-refractivity contribution is -0.119. The van der Waals surface area contributed by atoms with Crippen molar-refractivity contribution in [3.8, 4) is 11.8 Å². The van der Waals surface area contributed by atoms with E-state index in [1.807, 2.05) is 12.1 Å². The van der Waals surface area contributed by atoms with Crippen molar-refractivity contribution in [3.63, 3.8) is 0 Å². The molecule has 0 aliphatic heterocycles. The van der Waals surface area contributed by atoms with Gasteiger partial charge in [-0.1, -0.05) is 0 Å². The normalized spacial score (nSPS) is 9.24. The van der Waals surface area contributed by atoms with Crippen LogP contribution in [-0.2, 0) is 4.79 Å². The number of halogens is 1. The molecule has 2 N–H and O–H groups in total. The molecule has 0 bridgehead atoms. The zero-order chi connectivity index (χ0) is 12.7. The highest BCUT2D eigenvalue weighted by atomic mass is 79.9. The monoisotopic (exact) mass is 297 g/mol. The summed E-state index contributed by atoms with van der Waals surface area (Å²) in [7, 11) is 1.59. The molecule has 0 radical (unpaired) electrons. The zero-order valence-electron chi connectivity index (χ0n) is 9.29. The number of rotatable bonds is 5. The van der Waals surface area contributed by atoms with E-state index in [2.05, 4.69) is 26.6 Å². The highest BCUT2D eigenvalue weighted by Crippen LogP contribution is 2.27. The van der Waals surface area contributed by atoms with Crippen LogP contribution in [0.2, 0.25) is 0 Å². The van der Waals surface area contributed by atoms with E-state index >= 15 is 0 Å². The first-order valence-electron chi connectivity index (χ1n) is 4.88. The topological polar surface area (TPSA) is 74.2 Å². The van der Waals surface area contributed by atoms with Gasteiger partial charge in [0.05, 0.1) is 24.2 Å². The quantitative estimate of drug-likeness (QED) is 0.808. The number of methoxy groups -OCH3 is 1. The fourth-order valence-electron chi connectivity index (χ4n) is 1.16. The minimum absolute atomic E-state index is 0.0207.